The predicted molar refractivity (Wildman–Crippen MR) is 84.6 cm³/mol. The Bertz CT molecular complexity index is 550. The van der Waals surface area contributed by atoms with E-state index >= 15 is 0 Å². The average Bonchev–Trinajstić information content (AvgIpc) is 2.55. The molecule has 0 atom stereocenters. The number of carbonyl (C=O) groups excluding carboxylic acids is 2. The van der Waals surface area contributed by atoms with E-state index in [9.17, 15) is 9.59 Å². The van der Waals surface area contributed by atoms with Crippen LogP contribution in [0.1, 0.15) is 42.5 Å². The monoisotopic (exact) mass is 302 g/mol. The van der Waals surface area contributed by atoms with Gasteiger partial charge in [-0.2, -0.15) is 0 Å². The molecule has 1 aliphatic carbocycles. The summed E-state index contributed by atoms with van der Waals surface area (Å²) in [6.07, 6.45) is 6.81. The van der Waals surface area contributed by atoms with Gasteiger partial charge < -0.3 is 15.7 Å². The van der Waals surface area contributed by atoms with Crippen LogP contribution in [0.2, 0.25) is 0 Å². The molecule has 0 fully saturated rings. The summed E-state index contributed by atoms with van der Waals surface area (Å²) in [6, 6.07) is 6.10. The second kappa shape index (κ2) is 8.22. The van der Waals surface area contributed by atoms with Gasteiger partial charge in [0.25, 0.3) is 5.91 Å². The van der Waals surface area contributed by atoms with Crippen LogP contribution in [0.4, 0.5) is 0 Å². The minimum absolute atomic E-state index is 0.0181. The highest BCUT2D eigenvalue weighted by Gasteiger charge is 2.11. The van der Waals surface area contributed by atoms with E-state index in [2.05, 4.69) is 10.6 Å². The third kappa shape index (κ3) is 4.91. The van der Waals surface area contributed by atoms with Crippen molar-refractivity contribution in [3.05, 3.63) is 41.5 Å². The molecule has 118 valence electrons. The predicted octanol–water partition coefficient (Wildman–Crippen LogP) is 2.13. The number of carbonyl (C=O) groups is 2. The average molecular weight is 302 g/mol. The Morgan fingerprint density at radius 3 is 2.32 bits per heavy atom. The van der Waals surface area contributed by atoms with E-state index in [1.165, 1.54) is 18.6 Å². The van der Waals surface area contributed by atoms with Crippen molar-refractivity contribution in [3.8, 4) is 5.75 Å². The van der Waals surface area contributed by atoms with Crippen LogP contribution in [-0.4, -0.2) is 30.0 Å². The molecule has 2 amide bonds. The number of aromatic hydroxyl groups is 1. The summed E-state index contributed by atoms with van der Waals surface area (Å²) in [6.45, 7) is 1.05. The summed E-state index contributed by atoms with van der Waals surface area (Å²) in [7, 11) is 0. The summed E-state index contributed by atoms with van der Waals surface area (Å²) in [4.78, 5) is 23.7. The normalized spacial score (nSPS) is 14.1. The van der Waals surface area contributed by atoms with Crippen molar-refractivity contribution >= 4 is 11.8 Å². The smallest absolute Gasteiger partial charge is 0.251 e. The number of hydrogen-bond acceptors (Lipinski definition) is 3. The highest BCUT2D eigenvalue weighted by atomic mass is 16.3. The molecular weight excluding hydrogens is 280 g/mol. The molecule has 0 bridgehead atoms. The first-order valence-electron chi connectivity index (χ1n) is 7.71. The molecule has 0 radical (unpaired) electrons. The van der Waals surface area contributed by atoms with Crippen molar-refractivity contribution < 1.29 is 14.7 Å². The molecule has 0 aromatic heterocycles. The maximum atomic E-state index is 11.9. The molecule has 5 heteroatoms. The fraction of sp³-hybridized carbons (Fsp3) is 0.412. The van der Waals surface area contributed by atoms with Gasteiger partial charge in [-0.25, -0.2) is 0 Å². The van der Waals surface area contributed by atoms with Crippen molar-refractivity contribution in [3.63, 3.8) is 0 Å². The van der Waals surface area contributed by atoms with E-state index in [1.807, 2.05) is 6.08 Å². The van der Waals surface area contributed by atoms with Gasteiger partial charge in [-0.15, -0.1) is 0 Å². The quantitative estimate of drug-likeness (QED) is 0.704. The molecule has 0 unspecified atom stereocenters. The van der Waals surface area contributed by atoms with E-state index in [-0.39, 0.29) is 17.6 Å². The molecule has 22 heavy (non-hydrogen) atoms. The van der Waals surface area contributed by atoms with Gasteiger partial charge in [-0.3, -0.25) is 9.59 Å². The van der Waals surface area contributed by atoms with E-state index in [4.69, 9.17) is 5.11 Å². The van der Waals surface area contributed by atoms with Crippen molar-refractivity contribution in [1.82, 2.24) is 10.6 Å². The summed E-state index contributed by atoms with van der Waals surface area (Å²) >= 11 is 0. The number of amides is 2. The van der Waals surface area contributed by atoms with Gasteiger partial charge in [0, 0.05) is 24.2 Å². The highest BCUT2D eigenvalue weighted by Crippen LogP contribution is 2.17. The lowest BCUT2D eigenvalue weighted by molar-refractivity contribution is -0.117. The lowest BCUT2D eigenvalue weighted by Gasteiger charge is -2.12. The van der Waals surface area contributed by atoms with Gasteiger partial charge in [0.1, 0.15) is 5.75 Å². The van der Waals surface area contributed by atoms with Gasteiger partial charge >= 0.3 is 0 Å². The number of allylic oxidation sites excluding steroid dienone is 1. The summed E-state index contributed by atoms with van der Waals surface area (Å²) in [5.41, 5.74) is 1.40. The summed E-state index contributed by atoms with van der Waals surface area (Å²) in [5.74, 6) is -0.0258. The van der Waals surface area contributed by atoms with Crippen molar-refractivity contribution in [2.24, 2.45) is 0 Å². The lowest BCUT2D eigenvalue weighted by Crippen LogP contribution is -2.30. The van der Waals surface area contributed by atoms with Crippen molar-refractivity contribution in [2.75, 3.05) is 13.1 Å². The van der Waals surface area contributed by atoms with Crippen LogP contribution < -0.4 is 10.6 Å². The summed E-state index contributed by atoms with van der Waals surface area (Å²) in [5, 5.41) is 14.8. The van der Waals surface area contributed by atoms with Crippen molar-refractivity contribution in [2.45, 2.75) is 32.1 Å². The van der Waals surface area contributed by atoms with Crippen LogP contribution in [-0.2, 0) is 4.79 Å². The van der Waals surface area contributed by atoms with Gasteiger partial charge in [-0.05, 0) is 56.4 Å². The van der Waals surface area contributed by atoms with E-state index in [1.54, 1.807) is 12.1 Å². The zero-order chi connectivity index (χ0) is 15.8. The van der Waals surface area contributed by atoms with Crippen LogP contribution in [0.3, 0.4) is 0 Å². The molecule has 1 aliphatic rings. The number of hydrogen-bond donors (Lipinski definition) is 3. The van der Waals surface area contributed by atoms with Crippen LogP contribution in [0.5, 0.6) is 5.75 Å². The maximum absolute atomic E-state index is 11.9. The van der Waals surface area contributed by atoms with E-state index in [0.29, 0.717) is 25.1 Å². The summed E-state index contributed by atoms with van der Waals surface area (Å²) < 4.78 is 0. The van der Waals surface area contributed by atoms with E-state index < -0.39 is 0 Å². The second-order valence-electron chi connectivity index (χ2n) is 5.39. The second-order valence-corrected chi connectivity index (χ2v) is 5.39. The lowest BCUT2D eigenvalue weighted by atomic mass is 9.99. The first-order chi connectivity index (χ1) is 10.7. The van der Waals surface area contributed by atoms with Gasteiger partial charge in [0.2, 0.25) is 5.91 Å². The Morgan fingerprint density at radius 1 is 1.00 bits per heavy atom. The first-order valence-corrected chi connectivity index (χ1v) is 7.71. The number of nitrogens with one attached hydrogen (secondary N) is 2. The molecule has 3 N–H and O–H groups in total. The van der Waals surface area contributed by atoms with Crippen LogP contribution in [0.15, 0.2) is 35.9 Å². The minimum Gasteiger partial charge on any atom is -0.508 e. The fourth-order valence-corrected chi connectivity index (χ4v) is 2.36. The molecule has 0 spiro atoms. The minimum atomic E-state index is -0.179. The Balaban J connectivity index is 1.62. The third-order valence-corrected chi connectivity index (χ3v) is 3.64. The largest absolute Gasteiger partial charge is 0.508 e. The van der Waals surface area contributed by atoms with Crippen LogP contribution in [0, 0.1) is 0 Å². The molecule has 5 nitrogen and oxygen atoms in total. The molecule has 0 saturated carbocycles. The zero-order valence-electron chi connectivity index (χ0n) is 12.6. The molecule has 1 aromatic rings. The Labute approximate surface area is 130 Å². The molecule has 0 heterocycles. The van der Waals surface area contributed by atoms with Crippen molar-refractivity contribution in [1.29, 1.82) is 0 Å². The SMILES string of the molecule is O=C(NCCCNC(=O)c1ccc(O)cc1)C1=CCCCC1. The molecule has 2 rings (SSSR count). The number of benzene rings is 1. The van der Waals surface area contributed by atoms with Gasteiger partial charge in [0.05, 0.1) is 0 Å². The molecular formula is C17H22N2O3. The first kappa shape index (κ1) is 16.1. The molecule has 1 aromatic carbocycles. The Hall–Kier alpha value is -2.30. The van der Waals surface area contributed by atoms with Crippen LogP contribution >= 0.6 is 0 Å². The maximum Gasteiger partial charge on any atom is 0.251 e. The number of phenolic OH excluding ortho intramolecular Hbond substituents is 1. The van der Waals surface area contributed by atoms with Gasteiger partial charge in [0.15, 0.2) is 0 Å². The number of rotatable bonds is 6. The zero-order valence-corrected chi connectivity index (χ0v) is 12.6. The highest BCUT2D eigenvalue weighted by molar-refractivity contribution is 5.94. The molecule has 0 saturated heterocycles. The van der Waals surface area contributed by atoms with Crippen LogP contribution in [0.25, 0.3) is 0 Å². The third-order valence-electron chi connectivity index (χ3n) is 3.64. The van der Waals surface area contributed by atoms with Gasteiger partial charge in [-0.1, -0.05) is 6.08 Å². The number of phenols is 1. The molecule has 0 aliphatic heterocycles. The van der Waals surface area contributed by atoms with E-state index in [0.717, 1.165) is 24.8 Å². The Morgan fingerprint density at radius 2 is 1.68 bits per heavy atom. The Kier molecular flexibility index (Phi) is 6.01. The topological polar surface area (TPSA) is 78.4 Å². The fourth-order valence-electron chi connectivity index (χ4n) is 2.36. The standard InChI is InChI=1S/C17H22N2O3/c20-15-9-7-14(8-10-15)17(22)19-12-4-11-18-16(21)13-5-2-1-3-6-13/h5,7-10,20H,1-4,6,11-12H2,(H,18,21)(H,19,22).